The minimum atomic E-state index is -0.471. The van der Waals surface area contributed by atoms with Crippen molar-refractivity contribution in [1.82, 2.24) is 14.7 Å². The number of benzene rings is 1. The standard InChI is InChI=1S/C23H33N3O5/c1-4-30-20-10-6-5-8-18(20)21(27)26-11-7-9-19(26)22(28)24-12-14-25(15-13-24)23(29)31-16-17(2)3/h5-6,8,10,17,19H,4,7,9,11-16H2,1-3H3. The van der Waals surface area contributed by atoms with Crippen LogP contribution in [0.4, 0.5) is 4.79 Å². The molecule has 31 heavy (non-hydrogen) atoms. The number of carbonyl (C=O) groups is 3. The lowest BCUT2D eigenvalue weighted by atomic mass is 10.1. The van der Waals surface area contributed by atoms with Crippen molar-refractivity contribution in [3.05, 3.63) is 29.8 Å². The smallest absolute Gasteiger partial charge is 0.409 e. The number of likely N-dealkylation sites (tertiary alicyclic amines) is 1. The third-order valence-electron chi connectivity index (χ3n) is 5.61. The van der Waals surface area contributed by atoms with Crippen LogP contribution in [0.25, 0.3) is 0 Å². The van der Waals surface area contributed by atoms with Crippen molar-refractivity contribution in [3.63, 3.8) is 0 Å². The predicted octanol–water partition coefficient (Wildman–Crippen LogP) is 2.63. The first-order chi connectivity index (χ1) is 14.9. The van der Waals surface area contributed by atoms with Crippen LogP contribution in [0.5, 0.6) is 5.75 Å². The first kappa shape index (κ1) is 22.9. The van der Waals surface area contributed by atoms with E-state index < -0.39 is 6.04 Å². The average molecular weight is 432 g/mol. The van der Waals surface area contributed by atoms with Gasteiger partial charge in [-0.1, -0.05) is 26.0 Å². The minimum Gasteiger partial charge on any atom is -0.493 e. The molecule has 2 fully saturated rings. The Morgan fingerprint density at radius 3 is 2.39 bits per heavy atom. The highest BCUT2D eigenvalue weighted by Gasteiger charge is 2.38. The van der Waals surface area contributed by atoms with Crippen molar-refractivity contribution < 1.29 is 23.9 Å². The fourth-order valence-electron chi connectivity index (χ4n) is 4.00. The summed E-state index contributed by atoms with van der Waals surface area (Å²) in [6.07, 6.45) is 1.12. The number of piperazine rings is 1. The quantitative estimate of drug-likeness (QED) is 0.692. The number of hydrogen-bond donors (Lipinski definition) is 0. The molecule has 8 heteroatoms. The molecule has 0 aliphatic carbocycles. The zero-order chi connectivity index (χ0) is 22.4. The molecule has 1 aromatic rings. The van der Waals surface area contributed by atoms with E-state index in [2.05, 4.69) is 0 Å². The van der Waals surface area contributed by atoms with Gasteiger partial charge >= 0.3 is 6.09 Å². The molecular weight excluding hydrogens is 398 g/mol. The van der Waals surface area contributed by atoms with Gasteiger partial charge in [-0.25, -0.2) is 4.79 Å². The summed E-state index contributed by atoms with van der Waals surface area (Å²) in [7, 11) is 0. The number of nitrogens with zero attached hydrogens (tertiary/aromatic N) is 3. The van der Waals surface area contributed by atoms with Gasteiger partial charge in [0.2, 0.25) is 5.91 Å². The Balaban J connectivity index is 1.61. The van der Waals surface area contributed by atoms with Crippen LogP contribution < -0.4 is 4.74 Å². The fourth-order valence-corrected chi connectivity index (χ4v) is 4.00. The van der Waals surface area contributed by atoms with Gasteiger partial charge in [0.25, 0.3) is 5.91 Å². The summed E-state index contributed by atoms with van der Waals surface area (Å²) in [5, 5.41) is 0. The highest BCUT2D eigenvalue weighted by atomic mass is 16.6. The third kappa shape index (κ3) is 5.48. The predicted molar refractivity (Wildman–Crippen MR) is 116 cm³/mol. The van der Waals surface area contributed by atoms with Crippen molar-refractivity contribution in [2.24, 2.45) is 5.92 Å². The van der Waals surface area contributed by atoms with Crippen LogP contribution in [0.1, 0.15) is 44.0 Å². The van der Waals surface area contributed by atoms with Crippen LogP contribution >= 0.6 is 0 Å². The van der Waals surface area contributed by atoms with Gasteiger partial charge in [0.05, 0.1) is 18.8 Å². The average Bonchev–Trinajstić information content (AvgIpc) is 3.27. The largest absolute Gasteiger partial charge is 0.493 e. The lowest BCUT2D eigenvalue weighted by Crippen LogP contribution is -2.55. The SMILES string of the molecule is CCOc1ccccc1C(=O)N1CCCC1C(=O)N1CCN(C(=O)OCC(C)C)CC1. The molecule has 2 aliphatic rings. The molecule has 3 rings (SSSR count). The van der Waals surface area contributed by atoms with Gasteiger partial charge in [-0.05, 0) is 37.8 Å². The Hall–Kier alpha value is -2.77. The second kappa shape index (κ2) is 10.5. The second-order valence-corrected chi connectivity index (χ2v) is 8.37. The van der Waals surface area contributed by atoms with Crippen LogP contribution in [0.2, 0.25) is 0 Å². The monoisotopic (exact) mass is 431 g/mol. The Labute approximate surface area is 184 Å². The normalized spacial score (nSPS) is 19.0. The molecule has 2 saturated heterocycles. The maximum atomic E-state index is 13.2. The van der Waals surface area contributed by atoms with Crippen molar-refractivity contribution in [3.8, 4) is 5.75 Å². The van der Waals surface area contributed by atoms with Gasteiger partial charge in [-0.3, -0.25) is 9.59 Å². The van der Waals surface area contributed by atoms with Crippen LogP contribution in [-0.4, -0.2) is 84.6 Å². The summed E-state index contributed by atoms with van der Waals surface area (Å²) >= 11 is 0. The highest BCUT2D eigenvalue weighted by Crippen LogP contribution is 2.26. The van der Waals surface area contributed by atoms with Gasteiger partial charge in [0, 0.05) is 32.7 Å². The second-order valence-electron chi connectivity index (χ2n) is 8.37. The number of carbonyl (C=O) groups excluding carboxylic acids is 3. The molecule has 0 bridgehead atoms. The van der Waals surface area contributed by atoms with Crippen molar-refractivity contribution >= 4 is 17.9 Å². The van der Waals surface area contributed by atoms with E-state index in [-0.39, 0.29) is 23.8 Å². The number of hydrogen-bond acceptors (Lipinski definition) is 5. The Kier molecular flexibility index (Phi) is 7.76. The van der Waals surface area contributed by atoms with E-state index in [0.717, 1.165) is 6.42 Å². The van der Waals surface area contributed by atoms with E-state index in [1.807, 2.05) is 26.8 Å². The Morgan fingerprint density at radius 2 is 1.71 bits per heavy atom. The maximum Gasteiger partial charge on any atom is 0.409 e. The van der Waals surface area contributed by atoms with Gasteiger partial charge in [-0.2, -0.15) is 0 Å². The third-order valence-corrected chi connectivity index (χ3v) is 5.61. The molecule has 0 aromatic heterocycles. The lowest BCUT2D eigenvalue weighted by Gasteiger charge is -2.37. The van der Waals surface area contributed by atoms with E-state index in [1.54, 1.807) is 32.9 Å². The van der Waals surface area contributed by atoms with E-state index in [9.17, 15) is 14.4 Å². The molecule has 1 atom stereocenters. The highest BCUT2D eigenvalue weighted by molar-refractivity contribution is 6.00. The number of amides is 3. The van der Waals surface area contributed by atoms with E-state index in [1.165, 1.54) is 0 Å². The van der Waals surface area contributed by atoms with Gasteiger partial charge in [-0.15, -0.1) is 0 Å². The zero-order valence-electron chi connectivity index (χ0n) is 18.7. The molecule has 8 nitrogen and oxygen atoms in total. The lowest BCUT2D eigenvalue weighted by molar-refractivity contribution is -0.136. The summed E-state index contributed by atoms with van der Waals surface area (Å²) < 4.78 is 10.9. The van der Waals surface area contributed by atoms with E-state index in [0.29, 0.717) is 63.7 Å². The van der Waals surface area contributed by atoms with Gasteiger partial charge in [0.15, 0.2) is 0 Å². The van der Waals surface area contributed by atoms with Crippen LogP contribution in [0.15, 0.2) is 24.3 Å². The van der Waals surface area contributed by atoms with Crippen LogP contribution in [0.3, 0.4) is 0 Å². The number of ether oxygens (including phenoxy) is 2. The van der Waals surface area contributed by atoms with Crippen molar-refractivity contribution in [2.75, 3.05) is 45.9 Å². The molecule has 0 spiro atoms. The van der Waals surface area contributed by atoms with E-state index in [4.69, 9.17) is 9.47 Å². The Morgan fingerprint density at radius 1 is 1.03 bits per heavy atom. The van der Waals surface area contributed by atoms with E-state index >= 15 is 0 Å². The van der Waals surface area contributed by atoms with Gasteiger partial charge in [0.1, 0.15) is 11.8 Å². The molecule has 0 saturated carbocycles. The topological polar surface area (TPSA) is 79.4 Å². The fraction of sp³-hybridized carbons (Fsp3) is 0.609. The zero-order valence-corrected chi connectivity index (χ0v) is 18.7. The summed E-state index contributed by atoms with van der Waals surface area (Å²) in [4.78, 5) is 43.7. The van der Waals surface area contributed by atoms with Gasteiger partial charge < -0.3 is 24.2 Å². The minimum absolute atomic E-state index is 0.0464. The van der Waals surface area contributed by atoms with Crippen molar-refractivity contribution in [1.29, 1.82) is 0 Å². The molecule has 0 N–H and O–H groups in total. The molecule has 0 radical (unpaired) electrons. The molecule has 2 heterocycles. The first-order valence-corrected chi connectivity index (χ1v) is 11.2. The summed E-state index contributed by atoms with van der Waals surface area (Å²) in [5.41, 5.74) is 0.488. The summed E-state index contributed by atoms with van der Waals surface area (Å²) in [6, 6.07) is 6.69. The molecule has 2 aliphatic heterocycles. The first-order valence-electron chi connectivity index (χ1n) is 11.2. The molecular formula is C23H33N3O5. The summed E-state index contributed by atoms with van der Waals surface area (Å²) in [5.74, 6) is 0.609. The molecule has 3 amide bonds. The molecule has 170 valence electrons. The maximum absolute atomic E-state index is 13.2. The Bertz CT molecular complexity index is 789. The number of rotatable bonds is 6. The molecule has 1 unspecified atom stereocenters. The van der Waals surface area contributed by atoms with Crippen LogP contribution in [0, 0.1) is 5.92 Å². The van der Waals surface area contributed by atoms with Crippen molar-refractivity contribution in [2.45, 2.75) is 39.7 Å². The number of para-hydroxylation sites is 1. The molecule has 1 aromatic carbocycles. The van der Waals surface area contributed by atoms with Crippen LogP contribution in [-0.2, 0) is 9.53 Å². The summed E-state index contributed by atoms with van der Waals surface area (Å²) in [6.45, 7) is 9.05.